The fraction of sp³-hybridized carbons (Fsp3) is 0.375. The molecule has 1 saturated carbocycles. The number of carbonyl (C=O) groups excluding carboxylic acids is 1. The summed E-state index contributed by atoms with van der Waals surface area (Å²) in [7, 11) is 1.60. The Balaban J connectivity index is 1.72. The summed E-state index contributed by atoms with van der Waals surface area (Å²) in [6.45, 7) is 0.388. The zero-order valence-corrected chi connectivity index (χ0v) is 12.8. The van der Waals surface area contributed by atoms with Gasteiger partial charge in [0.25, 0.3) is 0 Å². The van der Waals surface area contributed by atoms with Gasteiger partial charge in [-0.15, -0.1) is 0 Å². The number of rotatable bonds is 5. The van der Waals surface area contributed by atoms with Crippen molar-refractivity contribution in [2.75, 3.05) is 19.0 Å². The molecule has 7 heteroatoms. The minimum Gasteiger partial charge on any atom is -0.377 e. The molecule has 6 nitrogen and oxygen atoms in total. The van der Waals surface area contributed by atoms with Crippen LogP contribution in [0, 0.1) is 11.7 Å². The smallest absolute Gasteiger partial charge is 0.227 e. The number of H-pyrrole nitrogens is 1. The Morgan fingerprint density at radius 2 is 2.26 bits per heavy atom. The quantitative estimate of drug-likeness (QED) is 0.785. The van der Waals surface area contributed by atoms with Gasteiger partial charge in [-0.25, -0.2) is 4.39 Å². The number of methoxy groups -OCH3 is 1. The number of anilines is 1. The van der Waals surface area contributed by atoms with Crippen LogP contribution in [0.2, 0.25) is 0 Å². The summed E-state index contributed by atoms with van der Waals surface area (Å²) in [4.78, 5) is 12.3. The summed E-state index contributed by atoms with van der Waals surface area (Å²) in [5.74, 6) is -0.676. The molecule has 2 aromatic rings. The van der Waals surface area contributed by atoms with Gasteiger partial charge < -0.3 is 15.8 Å². The molecule has 3 rings (SSSR count). The van der Waals surface area contributed by atoms with Gasteiger partial charge in [0.15, 0.2) is 0 Å². The van der Waals surface area contributed by atoms with Crippen molar-refractivity contribution in [3.63, 3.8) is 0 Å². The molecule has 0 radical (unpaired) electrons. The average Bonchev–Trinajstić information content (AvgIpc) is 2.95. The number of carbonyl (C=O) groups is 1. The minimum absolute atomic E-state index is 0.134. The summed E-state index contributed by atoms with van der Waals surface area (Å²) < 4.78 is 19.3. The lowest BCUT2D eigenvalue weighted by Gasteiger charge is -2.44. The zero-order chi connectivity index (χ0) is 16.4. The van der Waals surface area contributed by atoms with E-state index in [2.05, 4.69) is 15.5 Å². The lowest BCUT2D eigenvalue weighted by atomic mass is 9.70. The van der Waals surface area contributed by atoms with Crippen LogP contribution < -0.4 is 11.1 Å². The Labute approximate surface area is 133 Å². The molecule has 23 heavy (non-hydrogen) atoms. The molecule has 0 aliphatic heterocycles. The maximum atomic E-state index is 13.9. The highest BCUT2D eigenvalue weighted by Gasteiger charge is 2.47. The number of halogens is 1. The summed E-state index contributed by atoms with van der Waals surface area (Å²) in [6.07, 6.45) is 2.64. The van der Waals surface area contributed by atoms with Gasteiger partial charge in [-0.2, -0.15) is 5.10 Å². The third kappa shape index (κ3) is 2.85. The van der Waals surface area contributed by atoms with Crippen LogP contribution in [0.5, 0.6) is 0 Å². The molecule has 0 bridgehead atoms. The molecule has 1 aliphatic carbocycles. The van der Waals surface area contributed by atoms with E-state index in [4.69, 9.17) is 10.5 Å². The molecule has 0 spiro atoms. The minimum atomic E-state index is -0.396. The summed E-state index contributed by atoms with van der Waals surface area (Å²) >= 11 is 0. The molecule has 1 aromatic heterocycles. The van der Waals surface area contributed by atoms with E-state index in [0.29, 0.717) is 36.3 Å². The highest BCUT2D eigenvalue weighted by molar-refractivity contribution is 5.96. The fourth-order valence-corrected chi connectivity index (χ4v) is 2.93. The van der Waals surface area contributed by atoms with Crippen LogP contribution in [0.3, 0.4) is 0 Å². The Hall–Kier alpha value is -2.25. The standard InChI is InChI=1S/C16H19FN4O2/c1-23-16(9-18)6-10(7-16)15(22)20-13-8-19-21-14(13)11-4-2-3-5-12(11)17/h2-5,8,10H,6-7,9,18H2,1H3,(H,19,21)(H,20,22). The van der Waals surface area contributed by atoms with E-state index >= 15 is 0 Å². The third-order valence-electron chi connectivity index (χ3n) is 4.45. The maximum Gasteiger partial charge on any atom is 0.227 e. The van der Waals surface area contributed by atoms with E-state index in [1.807, 2.05) is 0 Å². The molecule has 0 unspecified atom stereocenters. The number of benzene rings is 1. The zero-order valence-electron chi connectivity index (χ0n) is 12.8. The predicted octanol–water partition coefficient (Wildman–Crippen LogP) is 1.91. The third-order valence-corrected chi connectivity index (χ3v) is 4.45. The molecule has 1 fully saturated rings. The molecule has 4 N–H and O–H groups in total. The van der Waals surface area contributed by atoms with E-state index < -0.39 is 5.60 Å². The SMILES string of the molecule is COC1(CN)CC(C(=O)Nc2cn[nH]c2-c2ccccc2F)C1. The first-order valence-electron chi connectivity index (χ1n) is 7.43. The molecular formula is C16H19FN4O2. The van der Waals surface area contributed by atoms with Crippen LogP contribution in [-0.4, -0.2) is 35.4 Å². The Bertz CT molecular complexity index is 704. The molecule has 1 heterocycles. The van der Waals surface area contributed by atoms with E-state index in [1.165, 1.54) is 12.3 Å². The van der Waals surface area contributed by atoms with Crippen LogP contribution in [0.15, 0.2) is 30.5 Å². The lowest BCUT2D eigenvalue weighted by molar-refractivity contribution is -0.140. The highest BCUT2D eigenvalue weighted by Crippen LogP contribution is 2.40. The first-order valence-corrected chi connectivity index (χ1v) is 7.43. The largest absolute Gasteiger partial charge is 0.377 e. The molecule has 0 atom stereocenters. The topological polar surface area (TPSA) is 93.0 Å². The second-order valence-corrected chi connectivity index (χ2v) is 5.82. The van der Waals surface area contributed by atoms with Crippen LogP contribution in [0.25, 0.3) is 11.3 Å². The van der Waals surface area contributed by atoms with E-state index in [0.717, 1.165) is 0 Å². The van der Waals surface area contributed by atoms with Gasteiger partial charge in [0, 0.05) is 25.1 Å². The summed E-state index contributed by atoms with van der Waals surface area (Å²) in [5, 5.41) is 9.45. The monoisotopic (exact) mass is 318 g/mol. The van der Waals surface area contributed by atoms with Crippen LogP contribution >= 0.6 is 0 Å². The van der Waals surface area contributed by atoms with Crippen molar-refractivity contribution in [2.24, 2.45) is 11.7 Å². The fourth-order valence-electron chi connectivity index (χ4n) is 2.93. The second kappa shape index (κ2) is 6.10. The van der Waals surface area contributed by atoms with Crippen LogP contribution in [0.1, 0.15) is 12.8 Å². The van der Waals surface area contributed by atoms with Crippen molar-refractivity contribution in [1.82, 2.24) is 10.2 Å². The maximum absolute atomic E-state index is 13.9. The first-order chi connectivity index (χ1) is 11.1. The van der Waals surface area contributed by atoms with Crippen LogP contribution in [-0.2, 0) is 9.53 Å². The van der Waals surface area contributed by atoms with E-state index in [1.54, 1.807) is 25.3 Å². The van der Waals surface area contributed by atoms with Crippen molar-refractivity contribution in [2.45, 2.75) is 18.4 Å². The first kappa shape index (κ1) is 15.6. The Morgan fingerprint density at radius 1 is 1.52 bits per heavy atom. The summed E-state index contributed by atoms with van der Waals surface area (Å²) in [5.41, 5.74) is 6.56. The number of nitrogens with one attached hydrogen (secondary N) is 2. The number of nitrogens with two attached hydrogens (primary N) is 1. The van der Waals surface area contributed by atoms with Gasteiger partial charge in [-0.3, -0.25) is 9.89 Å². The van der Waals surface area contributed by atoms with Gasteiger partial charge in [0.2, 0.25) is 5.91 Å². The highest BCUT2D eigenvalue weighted by atomic mass is 19.1. The number of aromatic nitrogens is 2. The van der Waals surface area contributed by atoms with Gasteiger partial charge in [0.1, 0.15) is 5.82 Å². The van der Waals surface area contributed by atoms with Crippen molar-refractivity contribution < 1.29 is 13.9 Å². The molecule has 1 aliphatic rings. The molecule has 1 aromatic carbocycles. The summed E-state index contributed by atoms with van der Waals surface area (Å²) in [6, 6.07) is 6.33. The number of ether oxygens (including phenoxy) is 1. The molecule has 122 valence electrons. The Kier molecular flexibility index (Phi) is 4.14. The van der Waals surface area contributed by atoms with Gasteiger partial charge in [0.05, 0.1) is 23.2 Å². The van der Waals surface area contributed by atoms with Gasteiger partial charge >= 0.3 is 0 Å². The van der Waals surface area contributed by atoms with Crippen molar-refractivity contribution >= 4 is 11.6 Å². The molecule has 1 amide bonds. The van der Waals surface area contributed by atoms with Crippen molar-refractivity contribution in [3.05, 3.63) is 36.3 Å². The van der Waals surface area contributed by atoms with Crippen molar-refractivity contribution in [1.29, 1.82) is 0 Å². The van der Waals surface area contributed by atoms with Gasteiger partial charge in [-0.05, 0) is 25.0 Å². The van der Waals surface area contributed by atoms with Crippen molar-refractivity contribution in [3.8, 4) is 11.3 Å². The van der Waals surface area contributed by atoms with Gasteiger partial charge in [-0.1, -0.05) is 12.1 Å². The second-order valence-electron chi connectivity index (χ2n) is 5.82. The molecular weight excluding hydrogens is 299 g/mol. The normalized spacial score (nSPS) is 23.3. The average molecular weight is 318 g/mol. The number of amides is 1. The Morgan fingerprint density at radius 3 is 2.91 bits per heavy atom. The van der Waals surface area contributed by atoms with E-state index in [-0.39, 0.29) is 17.6 Å². The predicted molar refractivity (Wildman–Crippen MR) is 84.1 cm³/mol. The number of hydrogen-bond donors (Lipinski definition) is 3. The molecule has 0 saturated heterocycles. The number of aromatic amines is 1. The lowest BCUT2D eigenvalue weighted by Crippen LogP contribution is -2.54. The van der Waals surface area contributed by atoms with Crippen LogP contribution in [0.4, 0.5) is 10.1 Å². The van der Waals surface area contributed by atoms with E-state index in [9.17, 15) is 9.18 Å². The number of hydrogen-bond acceptors (Lipinski definition) is 4. The number of nitrogens with zero attached hydrogens (tertiary/aromatic N) is 1.